The zero-order valence-corrected chi connectivity index (χ0v) is 13.2. The summed E-state index contributed by atoms with van der Waals surface area (Å²) in [5.41, 5.74) is 5.67. The normalized spacial score (nSPS) is 27.6. The number of rotatable bonds is 4. The standard InChI is InChI=1S/C16H31N3O/c1-13-5-3-4-9-18(13)10-6-15-7-11-19(12-8-15)16(20)14(2)17/h13-15H,3-12,17H2,1-2H3. The summed E-state index contributed by atoms with van der Waals surface area (Å²) in [6.07, 6.45) is 7.73. The van der Waals surface area contributed by atoms with Gasteiger partial charge in [0.1, 0.15) is 0 Å². The van der Waals surface area contributed by atoms with Gasteiger partial charge in [-0.25, -0.2) is 0 Å². The molecule has 1 amide bonds. The Labute approximate surface area is 123 Å². The van der Waals surface area contributed by atoms with Crippen molar-refractivity contribution in [3.8, 4) is 0 Å². The molecule has 4 heteroatoms. The van der Waals surface area contributed by atoms with Crippen LogP contribution in [0.3, 0.4) is 0 Å². The summed E-state index contributed by atoms with van der Waals surface area (Å²) in [5.74, 6) is 0.911. The van der Waals surface area contributed by atoms with Crippen LogP contribution in [0.1, 0.15) is 52.4 Å². The lowest BCUT2D eigenvalue weighted by molar-refractivity contribution is -0.133. The number of nitrogens with zero attached hydrogens (tertiary/aromatic N) is 2. The SMILES string of the molecule is CC(N)C(=O)N1CCC(CCN2CCCCC2C)CC1. The second-order valence-electron chi connectivity index (χ2n) is 6.73. The predicted octanol–water partition coefficient (Wildman–Crippen LogP) is 1.84. The van der Waals surface area contributed by atoms with Crippen molar-refractivity contribution >= 4 is 5.91 Å². The van der Waals surface area contributed by atoms with Crippen LogP contribution in [0.25, 0.3) is 0 Å². The fraction of sp³-hybridized carbons (Fsp3) is 0.938. The predicted molar refractivity (Wildman–Crippen MR) is 82.5 cm³/mol. The van der Waals surface area contributed by atoms with Crippen molar-refractivity contribution in [2.24, 2.45) is 11.7 Å². The largest absolute Gasteiger partial charge is 0.341 e. The molecule has 2 rings (SSSR count). The summed E-state index contributed by atoms with van der Waals surface area (Å²) in [5, 5.41) is 0. The van der Waals surface area contributed by atoms with Crippen molar-refractivity contribution < 1.29 is 4.79 Å². The first-order valence-corrected chi connectivity index (χ1v) is 8.36. The van der Waals surface area contributed by atoms with Crippen molar-refractivity contribution in [2.45, 2.75) is 64.5 Å². The molecule has 0 aromatic rings. The van der Waals surface area contributed by atoms with E-state index in [1.54, 1.807) is 6.92 Å². The average Bonchev–Trinajstić information content (AvgIpc) is 2.46. The average molecular weight is 281 g/mol. The lowest BCUT2D eigenvalue weighted by Crippen LogP contribution is -2.46. The van der Waals surface area contributed by atoms with E-state index >= 15 is 0 Å². The number of carbonyl (C=O) groups is 1. The molecule has 2 aliphatic heterocycles. The van der Waals surface area contributed by atoms with Crippen LogP contribution < -0.4 is 5.73 Å². The van der Waals surface area contributed by atoms with Gasteiger partial charge >= 0.3 is 0 Å². The van der Waals surface area contributed by atoms with E-state index in [0.29, 0.717) is 0 Å². The number of likely N-dealkylation sites (tertiary alicyclic amines) is 2. The maximum absolute atomic E-state index is 11.8. The molecule has 0 aromatic heterocycles. The van der Waals surface area contributed by atoms with Crippen LogP contribution in [-0.2, 0) is 4.79 Å². The van der Waals surface area contributed by atoms with E-state index in [9.17, 15) is 4.79 Å². The topological polar surface area (TPSA) is 49.6 Å². The second-order valence-corrected chi connectivity index (χ2v) is 6.73. The number of amides is 1. The maximum atomic E-state index is 11.8. The van der Waals surface area contributed by atoms with Crippen LogP contribution in [0.2, 0.25) is 0 Å². The van der Waals surface area contributed by atoms with Crippen molar-refractivity contribution in [1.82, 2.24) is 9.80 Å². The van der Waals surface area contributed by atoms with Crippen LogP contribution in [0, 0.1) is 5.92 Å². The lowest BCUT2D eigenvalue weighted by atomic mass is 9.92. The Balaban J connectivity index is 1.68. The zero-order chi connectivity index (χ0) is 14.5. The van der Waals surface area contributed by atoms with Gasteiger partial charge in [0.15, 0.2) is 0 Å². The molecule has 0 radical (unpaired) electrons. The van der Waals surface area contributed by atoms with Gasteiger partial charge in [-0.3, -0.25) is 4.79 Å². The molecule has 2 unspecified atom stereocenters. The third-order valence-electron chi connectivity index (χ3n) is 5.08. The quantitative estimate of drug-likeness (QED) is 0.855. The van der Waals surface area contributed by atoms with E-state index in [0.717, 1.165) is 37.9 Å². The molecule has 0 saturated carbocycles. The first-order valence-electron chi connectivity index (χ1n) is 8.36. The van der Waals surface area contributed by atoms with Crippen molar-refractivity contribution in [3.05, 3.63) is 0 Å². The maximum Gasteiger partial charge on any atom is 0.239 e. The highest BCUT2D eigenvalue weighted by Gasteiger charge is 2.25. The van der Waals surface area contributed by atoms with E-state index in [1.807, 2.05) is 4.90 Å². The van der Waals surface area contributed by atoms with Gasteiger partial charge in [-0.2, -0.15) is 0 Å². The highest BCUT2D eigenvalue weighted by atomic mass is 16.2. The molecular weight excluding hydrogens is 250 g/mol. The minimum atomic E-state index is -0.347. The number of hydrogen-bond acceptors (Lipinski definition) is 3. The fourth-order valence-corrected chi connectivity index (χ4v) is 3.57. The fourth-order valence-electron chi connectivity index (χ4n) is 3.57. The van der Waals surface area contributed by atoms with Crippen molar-refractivity contribution in [3.63, 3.8) is 0 Å². The summed E-state index contributed by atoms with van der Waals surface area (Å²) in [4.78, 5) is 16.5. The Bertz CT molecular complexity index is 311. The Morgan fingerprint density at radius 1 is 1.20 bits per heavy atom. The van der Waals surface area contributed by atoms with Crippen LogP contribution in [-0.4, -0.2) is 54.0 Å². The number of carbonyl (C=O) groups excluding carboxylic acids is 1. The smallest absolute Gasteiger partial charge is 0.239 e. The number of hydrogen-bond donors (Lipinski definition) is 1. The molecule has 2 fully saturated rings. The first kappa shape index (κ1) is 15.8. The highest BCUT2D eigenvalue weighted by molar-refractivity contribution is 5.81. The van der Waals surface area contributed by atoms with Gasteiger partial charge in [-0.15, -0.1) is 0 Å². The molecule has 0 bridgehead atoms. The summed E-state index contributed by atoms with van der Waals surface area (Å²) in [6, 6.07) is 0.421. The lowest BCUT2D eigenvalue weighted by Gasteiger charge is -2.36. The van der Waals surface area contributed by atoms with Gasteiger partial charge < -0.3 is 15.5 Å². The van der Waals surface area contributed by atoms with Crippen LogP contribution in [0.4, 0.5) is 0 Å². The Hall–Kier alpha value is -0.610. The molecule has 2 N–H and O–H groups in total. The minimum Gasteiger partial charge on any atom is -0.341 e. The third kappa shape index (κ3) is 4.19. The van der Waals surface area contributed by atoms with Gasteiger partial charge in [-0.1, -0.05) is 6.42 Å². The molecule has 20 heavy (non-hydrogen) atoms. The second kappa shape index (κ2) is 7.41. The Kier molecular flexibility index (Phi) is 5.85. The minimum absolute atomic E-state index is 0.119. The Morgan fingerprint density at radius 3 is 2.50 bits per heavy atom. The Morgan fingerprint density at radius 2 is 1.90 bits per heavy atom. The molecule has 4 nitrogen and oxygen atoms in total. The molecule has 2 aliphatic rings. The van der Waals surface area contributed by atoms with Crippen molar-refractivity contribution in [1.29, 1.82) is 0 Å². The molecule has 2 heterocycles. The monoisotopic (exact) mass is 281 g/mol. The summed E-state index contributed by atoms with van der Waals surface area (Å²) in [7, 11) is 0. The number of nitrogens with two attached hydrogens (primary N) is 1. The van der Waals surface area contributed by atoms with Gasteiger partial charge in [0.2, 0.25) is 5.91 Å². The van der Waals surface area contributed by atoms with Gasteiger partial charge in [0, 0.05) is 19.1 Å². The molecule has 0 aromatic carbocycles. The molecule has 0 aliphatic carbocycles. The van der Waals surface area contributed by atoms with E-state index in [-0.39, 0.29) is 11.9 Å². The van der Waals surface area contributed by atoms with Gasteiger partial charge in [-0.05, 0) is 65.0 Å². The number of piperidine rings is 2. The van der Waals surface area contributed by atoms with E-state index in [4.69, 9.17) is 5.73 Å². The molecule has 0 spiro atoms. The summed E-state index contributed by atoms with van der Waals surface area (Å²) >= 11 is 0. The summed E-state index contributed by atoms with van der Waals surface area (Å²) in [6.45, 7) is 8.48. The van der Waals surface area contributed by atoms with E-state index in [1.165, 1.54) is 38.8 Å². The molecule has 116 valence electrons. The van der Waals surface area contributed by atoms with E-state index < -0.39 is 0 Å². The zero-order valence-electron chi connectivity index (χ0n) is 13.2. The van der Waals surface area contributed by atoms with Crippen molar-refractivity contribution in [2.75, 3.05) is 26.2 Å². The van der Waals surface area contributed by atoms with Crippen LogP contribution in [0.15, 0.2) is 0 Å². The van der Waals surface area contributed by atoms with Gasteiger partial charge in [0.05, 0.1) is 6.04 Å². The van der Waals surface area contributed by atoms with Crippen LogP contribution >= 0.6 is 0 Å². The summed E-state index contributed by atoms with van der Waals surface area (Å²) < 4.78 is 0. The van der Waals surface area contributed by atoms with Crippen LogP contribution in [0.5, 0.6) is 0 Å². The molecular formula is C16H31N3O. The molecule has 2 saturated heterocycles. The third-order valence-corrected chi connectivity index (χ3v) is 5.08. The molecule has 2 atom stereocenters. The highest BCUT2D eigenvalue weighted by Crippen LogP contribution is 2.23. The first-order chi connectivity index (χ1) is 9.58. The van der Waals surface area contributed by atoms with Gasteiger partial charge in [0.25, 0.3) is 0 Å². The van der Waals surface area contributed by atoms with E-state index in [2.05, 4.69) is 11.8 Å².